The number of hydrogen-bond donors (Lipinski definition) is 7. The van der Waals surface area contributed by atoms with Crippen LogP contribution in [0.4, 0.5) is 0 Å². The number of nitrogens with one attached hydrogen (secondary N) is 4. The lowest BCUT2D eigenvalue weighted by Gasteiger charge is -2.25. The second-order valence-corrected chi connectivity index (χ2v) is 9.73. The minimum atomic E-state index is -0.992. The number of carbonyl (C=O) groups is 5. The van der Waals surface area contributed by atoms with Gasteiger partial charge in [-0.1, -0.05) is 27.7 Å². The maximum Gasteiger partial charge on any atom is 0.244 e. The molecular formula is C23H44N6O6. The molecule has 0 heterocycles. The van der Waals surface area contributed by atoms with Crippen LogP contribution in [0.3, 0.4) is 0 Å². The van der Waals surface area contributed by atoms with E-state index in [1.54, 1.807) is 0 Å². The predicted octanol–water partition coefficient (Wildman–Crippen LogP) is -0.321. The smallest absolute Gasteiger partial charge is 0.244 e. The zero-order valence-corrected chi connectivity index (χ0v) is 21.6. The molecule has 0 saturated carbocycles. The Morgan fingerprint density at radius 2 is 1.34 bits per heavy atom. The molecule has 0 aromatic heterocycles. The van der Waals surface area contributed by atoms with Crippen molar-refractivity contribution in [3.8, 4) is 0 Å². The zero-order valence-electron chi connectivity index (χ0n) is 21.6. The van der Waals surface area contributed by atoms with E-state index >= 15 is 0 Å². The summed E-state index contributed by atoms with van der Waals surface area (Å²) < 4.78 is 0. The average molecular weight is 501 g/mol. The summed E-state index contributed by atoms with van der Waals surface area (Å²) in [7, 11) is 0. The molecule has 0 aromatic rings. The first kappa shape index (κ1) is 32.3. The maximum absolute atomic E-state index is 12.9. The van der Waals surface area contributed by atoms with Gasteiger partial charge in [-0.2, -0.15) is 0 Å². The van der Waals surface area contributed by atoms with Crippen LogP contribution in [0.5, 0.6) is 0 Å². The summed E-state index contributed by atoms with van der Waals surface area (Å²) in [6, 6.07) is -2.81. The van der Waals surface area contributed by atoms with E-state index < -0.39 is 53.6 Å². The van der Waals surface area contributed by atoms with Crippen molar-refractivity contribution in [1.82, 2.24) is 21.4 Å². The van der Waals surface area contributed by atoms with Crippen LogP contribution in [0.1, 0.15) is 73.1 Å². The standard InChI is InChI=1S/C23H44N6O6/c1-13(2)10-16(12-19(30)29-35)22(33)26-15(5)21(32)28-18(11-14(3)4)23(34)27-17(20(25)31)8-6-7-9-24/h13-18,35H,6-12,24H2,1-5H3,(H2,25,31)(H,26,33)(H,27,34)(H,28,32)(H,29,30)/t15-,16+,17-,18-/m0/s1. The van der Waals surface area contributed by atoms with Crippen molar-refractivity contribution >= 4 is 29.5 Å². The van der Waals surface area contributed by atoms with E-state index in [0.29, 0.717) is 38.6 Å². The third-order valence-electron chi connectivity index (χ3n) is 5.38. The van der Waals surface area contributed by atoms with Gasteiger partial charge in [0.1, 0.15) is 18.1 Å². The van der Waals surface area contributed by atoms with Gasteiger partial charge in [0.2, 0.25) is 29.5 Å². The van der Waals surface area contributed by atoms with Crippen molar-refractivity contribution in [2.24, 2.45) is 29.2 Å². The molecule has 4 atom stereocenters. The molecule has 0 spiro atoms. The molecule has 0 radical (unpaired) electrons. The molecule has 0 aromatic carbocycles. The highest BCUT2D eigenvalue weighted by atomic mass is 16.5. The van der Waals surface area contributed by atoms with Gasteiger partial charge in [-0.3, -0.25) is 29.2 Å². The van der Waals surface area contributed by atoms with Gasteiger partial charge in [-0.05, 0) is 57.4 Å². The molecule has 0 aliphatic carbocycles. The first-order valence-corrected chi connectivity index (χ1v) is 12.2. The molecular weight excluding hydrogens is 456 g/mol. The molecule has 0 rings (SSSR count). The van der Waals surface area contributed by atoms with Gasteiger partial charge in [0.15, 0.2) is 0 Å². The minimum absolute atomic E-state index is 0.0487. The summed E-state index contributed by atoms with van der Waals surface area (Å²) in [6.45, 7) is 9.46. The summed E-state index contributed by atoms with van der Waals surface area (Å²) in [5, 5.41) is 16.6. The van der Waals surface area contributed by atoms with Crippen LogP contribution in [0.25, 0.3) is 0 Å². The van der Waals surface area contributed by atoms with Crippen LogP contribution in [0.15, 0.2) is 0 Å². The summed E-state index contributed by atoms with van der Waals surface area (Å²) in [6.07, 6.45) is 2.09. The number of unbranched alkanes of at least 4 members (excludes halogenated alkanes) is 1. The molecule has 9 N–H and O–H groups in total. The number of hydroxylamine groups is 1. The van der Waals surface area contributed by atoms with Crippen LogP contribution < -0.4 is 32.9 Å². The van der Waals surface area contributed by atoms with E-state index in [1.807, 2.05) is 27.7 Å². The van der Waals surface area contributed by atoms with Gasteiger partial charge in [0, 0.05) is 12.3 Å². The molecule has 0 aliphatic rings. The fraction of sp³-hybridized carbons (Fsp3) is 0.783. The predicted molar refractivity (Wildman–Crippen MR) is 131 cm³/mol. The second kappa shape index (κ2) is 16.8. The summed E-state index contributed by atoms with van der Waals surface area (Å²) >= 11 is 0. The normalized spacial score (nSPS) is 14.5. The van der Waals surface area contributed by atoms with E-state index in [2.05, 4.69) is 16.0 Å². The number of hydrogen-bond acceptors (Lipinski definition) is 7. The Morgan fingerprint density at radius 1 is 0.771 bits per heavy atom. The fourth-order valence-corrected chi connectivity index (χ4v) is 3.57. The van der Waals surface area contributed by atoms with Crippen LogP contribution in [0.2, 0.25) is 0 Å². The third kappa shape index (κ3) is 13.7. The highest BCUT2D eigenvalue weighted by Crippen LogP contribution is 2.16. The summed E-state index contributed by atoms with van der Waals surface area (Å²) in [5.41, 5.74) is 12.4. The number of amides is 5. The van der Waals surface area contributed by atoms with Crippen molar-refractivity contribution in [1.29, 1.82) is 0 Å². The first-order valence-electron chi connectivity index (χ1n) is 12.2. The van der Waals surface area contributed by atoms with Gasteiger partial charge in [-0.15, -0.1) is 0 Å². The van der Waals surface area contributed by atoms with Crippen molar-refractivity contribution in [2.45, 2.75) is 91.3 Å². The largest absolute Gasteiger partial charge is 0.368 e. The van der Waals surface area contributed by atoms with E-state index in [1.165, 1.54) is 12.4 Å². The molecule has 12 heteroatoms. The Labute approximate surface area is 207 Å². The quantitative estimate of drug-likeness (QED) is 0.0804. The third-order valence-corrected chi connectivity index (χ3v) is 5.38. The molecule has 0 saturated heterocycles. The number of nitrogens with two attached hydrogens (primary N) is 2. The minimum Gasteiger partial charge on any atom is -0.368 e. The Balaban J connectivity index is 5.27. The highest BCUT2D eigenvalue weighted by Gasteiger charge is 2.30. The average Bonchev–Trinajstić information content (AvgIpc) is 2.76. The molecule has 0 aliphatic heterocycles. The van der Waals surface area contributed by atoms with E-state index in [-0.39, 0.29) is 18.3 Å². The Bertz CT molecular complexity index is 715. The highest BCUT2D eigenvalue weighted by molar-refractivity contribution is 5.94. The van der Waals surface area contributed by atoms with E-state index in [0.717, 1.165) is 0 Å². The lowest BCUT2D eigenvalue weighted by Crippen LogP contribution is -2.56. The number of carbonyl (C=O) groups excluding carboxylic acids is 5. The summed E-state index contributed by atoms with van der Waals surface area (Å²) in [5.74, 6) is -3.61. The Morgan fingerprint density at radius 3 is 1.83 bits per heavy atom. The van der Waals surface area contributed by atoms with Crippen molar-refractivity contribution in [3.63, 3.8) is 0 Å². The number of primary amides is 1. The van der Waals surface area contributed by atoms with Crippen LogP contribution >= 0.6 is 0 Å². The SMILES string of the molecule is CC(C)C[C@H](CC(=O)NO)C(=O)N[C@@H](C)C(=O)N[C@@H](CC(C)C)C(=O)N[C@@H](CCCCN)C(N)=O. The number of rotatable bonds is 17. The summed E-state index contributed by atoms with van der Waals surface area (Å²) in [4.78, 5) is 61.7. The zero-order chi connectivity index (χ0) is 27.1. The van der Waals surface area contributed by atoms with E-state index in [9.17, 15) is 24.0 Å². The van der Waals surface area contributed by atoms with Crippen LogP contribution in [-0.4, -0.2) is 59.4 Å². The lowest BCUT2D eigenvalue weighted by atomic mass is 9.92. The van der Waals surface area contributed by atoms with Gasteiger partial charge in [0.25, 0.3) is 0 Å². The van der Waals surface area contributed by atoms with Gasteiger partial charge < -0.3 is 27.4 Å². The molecule has 0 unspecified atom stereocenters. The molecule has 12 nitrogen and oxygen atoms in total. The fourth-order valence-electron chi connectivity index (χ4n) is 3.57. The molecule has 0 bridgehead atoms. The molecule has 0 fully saturated rings. The Hall–Kier alpha value is -2.73. The van der Waals surface area contributed by atoms with Crippen LogP contribution in [0, 0.1) is 17.8 Å². The van der Waals surface area contributed by atoms with Crippen molar-refractivity contribution in [3.05, 3.63) is 0 Å². The van der Waals surface area contributed by atoms with Gasteiger partial charge >= 0.3 is 0 Å². The second-order valence-electron chi connectivity index (χ2n) is 9.73. The lowest BCUT2D eigenvalue weighted by molar-refractivity contribution is -0.137. The monoisotopic (exact) mass is 500 g/mol. The van der Waals surface area contributed by atoms with Crippen molar-refractivity contribution < 1.29 is 29.2 Å². The molecule has 5 amide bonds. The van der Waals surface area contributed by atoms with Crippen LogP contribution in [-0.2, 0) is 24.0 Å². The first-order chi connectivity index (χ1) is 16.3. The molecule has 35 heavy (non-hydrogen) atoms. The van der Waals surface area contributed by atoms with E-state index in [4.69, 9.17) is 16.7 Å². The Kier molecular flexibility index (Phi) is 15.5. The maximum atomic E-state index is 12.9. The van der Waals surface area contributed by atoms with Crippen molar-refractivity contribution in [2.75, 3.05) is 6.54 Å². The van der Waals surface area contributed by atoms with Gasteiger partial charge in [0.05, 0.1) is 0 Å². The topological polar surface area (TPSA) is 206 Å². The van der Waals surface area contributed by atoms with Gasteiger partial charge in [-0.25, -0.2) is 5.48 Å². The molecule has 202 valence electrons.